The Kier molecular flexibility index (Phi) is 8.85. The van der Waals surface area contributed by atoms with E-state index in [0.717, 1.165) is 67.3 Å². The monoisotopic (exact) mass is 459 g/mol. The molecule has 1 N–H and O–H groups in total. The van der Waals surface area contributed by atoms with Gasteiger partial charge in [-0.05, 0) is 40.8 Å². The first kappa shape index (κ1) is 24.1. The van der Waals surface area contributed by atoms with E-state index in [-0.39, 0.29) is 12.2 Å². The lowest BCUT2D eigenvalue weighted by Crippen LogP contribution is -2.37. The average Bonchev–Trinajstić information content (AvgIpc) is 2.89. The third-order valence-corrected chi connectivity index (χ3v) is 6.15. The molecule has 0 saturated carbocycles. The van der Waals surface area contributed by atoms with Crippen LogP contribution in [0.1, 0.15) is 17.5 Å². The van der Waals surface area contributed by atoms with Crippen molar-refractivity contribution in [3.05, 3.63) is 90.0 Å². The number of Topliss-reactive ketones (excluding diaryl/α,β-unsaturated/α-hetero) is 1. The summed E-state index contributed by atoms with van der Waals surface area (Å²) >= 11 is 0. The molecular weight excluding hydrogens is 426 g/mol. The van der Waals surface area contributed by atoms with Crippen molar-refractivity contribution in [2.24, 2.45) is 0 Å². The van der Waals surface area contributed by atoms with E-state index in [1.165, 1.54) is 0 Å². The van der Waals surface area contributed by atoms with Crippen molar-refractivity contribution in [3.63, 3.8) is 0 Å². The number of ketones is 1. The van der Waals surface area contributed by atoms with Crippen molar-refractivity contribution >= 4 is 5.78 Å². The summed E-state index contributed by atoms with van der Waals surface area (Å²) in [6.45, 7) is 5.42. The summed E-state index contributed by atoms with van der Waals surface area (Å²) in [7, 11) is 0. The zero-order valence-electron chi connectivity index (χ0n) is 19.6. The van der Waals surface area contributed by atoms with Crippen LogP contribution in [0.2, 0.25) is 0 Å². The summed E-state index contributed by atoms with van der Waals surface area (Å²) < 4.78 is 11.3. The van der Waals surface area contributed by atoms with E-state index < -0.39 is 6.10 Å². The molecule has 34 heavy (non-hydrogen) atoms. The van der Waals surface area contributed by atoms with Gasteiger partial charge in [-0.1, -0.05) is 66.7 Å². The van der Waals surface area contributed by atoms with Gasteiger partial charge in [0, 0.05) is 32.5 Å². The fourth-order valence-electron chi connectivity index (χ4n) is 4.13. The van der Waals surface area contributed by atoms with Gasteiger partial charge in [0.15, 0.2) is 5.78 Å². The number of morpholine rings is 1. The van der Waals surface area contributed by atoms with Gasteiger partial charge < -0.3 is 14.6 Å². The molecule has 178 valence electrons. The van der Waals surface area contributed by atoms with E-state index in [2.05, 4.69) is 17.0 Å². The molecule has 1 heterocycles. The SMILES string of the molecule is O=C(Cc1ccc(-c2ccc(OCCCN3CCOCC3)cc2)cc1)C(O)Cc1ccccc1. The summed E-state index contributed by atoms with van der Waals surface area (Å²) in [5, 5.41) is 10.3. The number of ether oxygens (including phenoxy) is 2. The minimum absolute atomic E-state index is 0.160. The van der Waals surface area contributed by atoms with E-state index in [0.29, 0.717) is 13.0 Å². The molecule has 0 amide bonds. The van der Waals surface area contributed by atoms with Gasteiger partial charge in [0.05, 0.1) is 19.8 Å². The normalized spacial score (nSPS) is 15.1. The van der Waals surface area contributed by atoms with Crippen LogP contribution in [0.4, 0.5) is 0 Å². The number of hydrogen-bond acceptors (Lipinski definition) is 5. The van der Waals surface area contributed by atoms with Gasteiger partial charge in [-0.2, -0.15) is 0 Å². The van der Waals surface area contributed by atoms with E-state index >= 15 is 0 Å². The Balaban J connectivity index is 1.23. The number of hydrogen-bond donors (Lipinski definition) is 1. The molecule has 0 aliphatic carbocycles. The molecule has 1 saturated heterocycles. The van der Waals surface area contributed by atoms with Crippen LogP contribution in [0.25, 0.3) is 11.1 Å². The van der Waals surface area contributed by atoms with Gasteiger partial charge in [-0.15, -0.1) is 0 Å². The summed E-state index contributed by atoms with van der Waals surface area (Å²) in [5.41, 5.74) is 4.05. The van der Waals surface area contributed by atoms with E-state index in [4.69, 9.17) is 9.47 Å². The Hall–Kier alpha value is -2.99. The van der Waals surface area contributed by atoms with Crippen molar-refractivity contribution in [1.29, 1.82) is 0 Å². The lowest BCUT2D eigenvalue weighted by molar-refractivity contribution is -0.126. The van der Waals surface area contributed by atoms with Gasteiger partial charge in [-0.3, -0.25) is 9.69 Å². The second-order valence-electron chi connectivity index (χ2n) is 8.73. The Labute approximate surface area is 201 Å². The first-order valence-electron chi connectivity index (χ1n) is 12.0. The number of carbonyl (C=O) groups is 1. The van der Waals surface area contributed by atoms with Crippen LogP contribution >= 0.6 is 0 Å². The molecule has 3 aromatic carbocycles. The predicted octanol–water partition coefficient (Wildman–Crippen LogP) is 4.17. The number of aliphatic hydroxyl groups excluding tert-OH is 1. The van der Waals surface area contributed by atoms with Gasteiger partial charge in [0.2, 0.25) is 0 Å². The van der Waals surface area contributed by atoms with E-state index in [1.54, 1.807) is 0 Å². The second-order valence-corrected chi connectivity index (χ2v) is 8.73. The third-order valence-electron chi connectivity index (χ3n) is 6.15. The van der Waals surface area contributed by atoms with Crippen LogP contribution in [0.15, 0.2) is 78.9 Å². The molecule has 5 heteroatoms. The number of aliphatic hydroxyl groups is 1. The maximum atomic E-state index is 12.4. The molecule has 1 fully saturated rings. The van der Waals surface area contributed by atoms with E-state index in [9.17, 15) is 9.90 Å². The molecule has 0 spiro atoms. The maximum Gasteiger partial charge on any atom is 0.165 e. The maximum absolute atomic E-state index is 12.4. The summed E-state index contributed by atoms with van der Waals surface area (Å²) in [6, 6.07) is 25.7. The van der Waals surface area contributed by atoms with Crippen LogP contribution in [-0.2, 0) is 22.4 Å². The van der Waals surface area contributed by atoms with Crippen LogP contribution in [0.3, 0.4) is 0 Å². The minimum Gasteiger partial charge on any atom is -0.494 e. The van der Waals surface area contributed by atoms with Crippen LogP contribution < -0.4 is 4.74 Å². The first-order valence-corrected chi connectivity index (χ1v) is 12.0. The largest absolute Gasteiger partial charge is 0.494 e. The highest BCUT2D eigenvalue weighted by molar-refractivity contribution is 5.85. The zero-order valence-corrected chi connectivity index (χ0v) is 19.6. The number of rotatable bonds is 11. The molecule has 1 atom stereocenters. The van der Waals surface area contributed by atoms with Crippen molar-refractivity contribution < 1.29 is 19.4 Å². The Morgan fingerprint density at radius 1 is 0.882 bits per heavy atom. The molecule has 3 aromatic rings. The minimum atomic E-state index is -0.983. The van der Waals surface area contributed by atoms with E-state index in [1.807, 2.05) is 66.7 Å². The van der Waals surface area contributed by atoms with Crippen molar-refractivity contribution in [1.82, 2.24) is 4.90 Å². The molecule has 0 aromatic heterocycles. The Bertz CT molecular complexity index is 1010. The molecule has 1 aliphatic rings. The second kappa shape index (κ2) is 12.5. The molecule has 0 bridgehead atoms. The summed E-state index contributed by atoms with van der Waals surface area (Å²) in [5.74, 6) is 0.715. The summed E-state index contributed by atoms with van der Waals surface area (Å²) in [6.07, 6.45) is 0.593. The standard InChI is InChI=1S/C29H33NO4/c31-28(21-23-5-2-1-3-6-23)29(32)22-24-7-9-25(10-8-24)26-11-13-27(14-12-26)34-18-4-15-30-16-19-33-20-17-30/h1-3,5-14,28,31H,4,15-22H2. The third kappa shape index (κ3) is 7.26. The first-order chi connectivity index (χ1) is 16.7. The van der Waals surface area contributed by atoms with Gasteiger partial charge in [0.25, 0.3) is 0 Å². The fourth-order valence-corrected chi connectivity index (χ4v) is 4.13. The predicted molar refractivity (Wildman–Crippen MR) is 134 cm³/mol. The number of nitrogens with zero attached hydrogens (tertiary/aromatic N) is 1. The average molecular weight is 460 g/mol. The molecule has 5 nitrogen and oxygen atoms in total. The molecule has 4 rings (SSSR count). The zero-order chi connectivity index (χ0) is 23.6. The Morgan fingerprint density at radius 3 is 2.21 bits per heavy atom. The van der Waals surface area contributed by atoms with Crippen LogP contribution in [0.5, 0.6) is 5.75 Å². The van der Waals surface area contributed by atoms with Crippen molar-refractivity contribution in [2.75, 3.05) is 39.5 Å². The van der Waals surface area contributed by atoms with Crippen molar-refractivity contribution in [2.45, 2.75) is 25.4 Å². The van der Waals surface area contributed by atoms with Crippen LogP contribution in [0, 0.1) is 0 Å². The quantitative estimate of drug-likeness (QED) is 0.436. The summed E-state index contributed by atoms with van der Waals surface area (Å²) in [4.78, 5) is 14.8. The lowest BCUT2D eigenvalue weighted by atomic mass is 9.98. The highest BCUT2D eigenvalue weighted by Gasteiger charge is 2.16. The molecular formula is C29H33NO4. The molecule has 1 aliphatic heterocycles. The Morgan fingerprint density at radius 2 is 1.53 bits per heavy atom. The van der Waals surface area contributed by atoms with Crippen molar-refractivity contribution in [3.8, 4) is 16.9 Å². The van der Waals surface area contributed by atoms with Crippen LogP contribution in [-0.4, -0.2) is 61.3 Å². The van der Waals surface area contributed by atoms with Gasteiger partial charge >= 0.3 is 0 Å². The molecule has 1 unspecified atom stereocenters. The molecule has 0 radical (unpaired) electrons. The topological polar surface area (TPSA) is 59.0 Å². The smallest absolute Gasteiger partial charge is 0.165 e. The van der Waals surface area contributed by atoms with Gasteiger partial charge in [0.1, 0.15) is 11.9 Å². The number of carbonyl (C=O) groups excluding carboxylic acids is 1. The van der Waals surface area contributed by atoms with Gasteiger partial charge in [-0.25, -0.2) is 0 Å². The number of benzene rings is 3. The fraction of sp³-hybridized carbons (Fsp3) is 0.345. The lowest BCUT2D eigenvalue weighted by Gasteiger charge is -2.26. The highest BCUT2D eigenvalue weighted by Crippen LogP contribution is 2.23. The highest BCUT2D eigenvalue weighted by atomic mass is 16.5.